The Labute approximate surface area is 99.3 Å². The summed E-state index contributed by atoms with van der Waals surface area (Å²) < 4.78 is 0. The first-order valence-corrected chi connectivity index (χ1v) is 6.21. The van der Waals surface area contributed by atoms with Crippen LogP contribution < -0.4 is 5.32 Å². The maximum atomic E-state index is 4.39. The molecule has 0 fully saturated rings. The molecule has 0 spiro atoms. The van der Waals surface area contributed by atoms with Crippen molar-refractivity contribution in [3.63, 3.8) is 0 Å². The summed E-state index contributed by atoms with van der Waals surface area (Å²) in [5, 5.41) is 2.93. The first-order valence-electron chi connectivity index (χ1n) is 4.98. The van der Waals surface area contributed by atoms with Crippen LogP contribution in [0.1, 0.15) is 0 Å². The fourth-order valence-electron chi connectivity index (χ4n) is 1.40. The molecular weight excluding hydrogens is 218 g/mol. The van der Waals surface area contributed by atoms with E-state index >= 15 is 0 Å². The normalized spacial score (nSPS) is 10.1. The number of nitrogens with zero attached hydrogens (tertiary/aromatic N) is 2. The number of hydrogen-bond donors (Lipinski definition) is 1. The Kier molecular flexibility index (Phi) is 3.41. The van der Waals surface area contributed by atoms with Crippen LogP contribution in [0.15, 0.2) is 41.4 Å². The van der Waals surface area contributed by atoms with E-state index in [1.54, 1.807) is 18.0 Å². The molecule has 0 aliphatic rings. The van der Waals surface area contributed by atoms with Crippen molar-refractivity contribution in [2.24, 2.45) is 0 Å². The molecule has 0 atom stereocenters. The zero-order valence-electron chi connectivity index (χ0n) is 9.27. The van der Waals surface area contributed by atoms with Crippen LogP contribution in [0.5, 0.6) is 0 Å². The number of rotatable bonds is 3. The second-order valence-electron chi connectivity index (χ2n) is 3.24. The van der Waals surface area contributed by atoms with E-state index in [4.69, 9.17) is 0 Å². The Morgan fingerprint density at radius 3 is 2.50 bits per heavy atom. The lowest BCUT2D eigenvalue weighted by Crippen LogP contribution is -1.96. The van der Waals surface area contributed by atoms with Gasteiger partial charge in [-0.05, 0) is 24.5 Å². The second-order valence-corrected chi connectivity index (χ2v) is 4.12. The van der Waals surface area contributed by atoms with Crippen LogP contribution in [-0.4, -0.2) is 23.3 Å². The highest BCUT2D eigenvalue weighted by atomic mass is 32.2. The third kappa shape index (κ3) is 2.33. The molecule has 2 rings (SSSR count). The van der Waals surface area contributed by atoms with Gasteiger partial charge in [-0.1, -0.05) is 12.1 Å². The smallest absolute Gasteiger partial charge is 0.222 e. The van der Waals surface area contributed by atoms with Crippen LogP contribution in [0.2, 0.25) is 0 Å². The van der Waals surface area contributed by atoms with Gasteiger partial charge in [0, 0.05) is 23.7 Å². The Morgan fingerprint density at radius 1 is 1.12 bits per heavy atom. The molecule has 0 amide bonds. The molecule has 1 aromatic carbocycles. The summed E-state index contributed by atoms with van der Waals surface area (Å²) in [6.07, 6.45) is 3.83. The van der Waals surface area contributed by atoms with Gasteiger partial charge in [-0.15, -0.1) is 11.8 Å². The van der Waals surface area contributed by atoms with Crippen molar-refractivity contribution in [3.05, 3.63) is 36.5 Å². The Morgan fingerprint density at radius 2 is 1.88 bits per heavy atom. The van der Waals surface area contributed by atoms with Crippen LogP contribution in [0.4, 0.5) is 5.95 Å². The quantitative estimate of drug-likeness (QED) is 0.824. The molecule has 0 bridgehead atoms. The highest BCUT2D eigenvalue weighted by Crippen LogP contribution is 2.21. The first kappa shape index (κ1) is 11.0. The molecule has 3 nitrogen and oxygen atoms in total. The molecule has 0 aliphatic carbocycles. The number of hydrogen-bond acceptors (Lipinski definition) is 4. The van der Waals surface area contributed by atoms with E-state index in [0.29, 0.717) is 5.95 Å². The van der Waals surface area contributed by atoms with Crippen molar-refractivity contribution in [3.8, 4) is 11.3 Å². The van der Waals surface area contributed by atoms with Crippen LogP contribution >= 0.6 is 11.8 Å². The van der Waals surface area contributed by atoms with Gasteiger partial charge in [0.2, 0.25) is 5.95 Å². The van der Waals surface area contributed by atoms with Crippen LogP contribution in [-0.2, 0) is 0 Å². The monoisotopic (exact) mass is 231 g/mol. The maximum absolute atomic E-state index is 4.39. The molecule has 0 radical (unpaired) electrons. The zero-order chi connectivity index (χ0) is 11.4. The Bertz CT molecular complexity index is 468. The van der Waals surface area contributed by atoms with Crippen LogP contribution in [0.25, 0.3) is 11.3 Å². The van der Waals surface area contributed by atoms with Crippen molar-refractivity contribution in [1.29, 1.82) is 0 Å². The van der Waals surface area contributed by atoms with Gasteiger partial charge in [-0.2, -0.15) is 0 Å². The minimum Gasteiger partial charge on any atom is -0.357 e. The lowest BCUT2D eigenvalue weighted by Gasteiger charge is -2.03. The van der Waals surface area contributed by atoms with Gasteiger partial charge in [-0.3, -0.25) is 0 Å². The zero-order valence-corrected chi connectivity index (χ0v) is 10.1. The molecule has 4 heteroatoms. The van der Waals surface area contributed by atoms with Crippen molar-refractivity contribution in [1.82, 2.24) is 9.97 Å². The molecule has 1 aromatic heterocycles. The van der Waals surface area contributed by atoms with E-state index < -0.39 is 0 Å². The standard InChI is InChI=1S/C12H13N3S/c1-13-12-14-8-7-11(15-12)9-3-5-10(16-2)6-4-9/h3-8H,1-2H3,(H,13,14,15). The summed E-state index contributed by atoms with van der Waals surface area (Å²) >= 11 is 1.74. The fourth-order valence-corrected chi connectivity index (χ4v) is 1.81. The van der Waals surface area contributed by atoms with Gasteiger partial charge in [-0.25, -0.2) is 9.97 Å². The van der Waals surface area contributed by atoms with Crippen molar-refractivity contribution in [2.75, 3.05) is 18.6 Å². The van der Waals surface area contributed by atoms with Gasteiger partial charge >= 0.3 is 0 Å². The summed E-state index contributed by atoms with van der Waals surface area (Å²) in [5.74, 6) is 0.645. The van der Waals surface area contributed by atoms with E-state index in [-0.39, 0.29) is 0 Å². The minimum absolute atomic E-state index is 0.645. The first-order chi connectivity index (χ1) is 7.83. The topological polar surface area (TPSA) is 37.8 Å². The molecule has 0 saturated carbocycles. The summed E-state index contributed by atoms with van der Waals surface area (Å²) in [4.78, 5) is 9.73. The Hall–Kier alpha value is -1.55. The number of nitrogens with one attached hydrogen (secondary N) is 1. The third-order valence-electron chi connectivity index (χ3n) is 2.26. The van der Waals surface area contributed by atoms with Gasteiger partial charge < -0.3 is 5.32 Å². The minimum atomic E-state index is 0.645. The largest absolute Gasteiger partial charge is 0.357 e. The predicted octanol–water partition coefficient (Wildman–Crippen LogP) is 2.91. The molecule has 0 unspecified atom stereocenters. The summed E-state index contributed by atoms with van der Waals surface area (Å²) in [6, 6.07) is 10.3. The number of aromatic nitrogens is 2. The Balaban J connectivity index is 2.34. The predicted molar refractivity (Wildman–Crippen MR) is 68.8 cm³/mol. The van der Waals surface area contributed by atoms with E-state index in [0.717, 1.165) is 11.3 Å². The van der Waals surface area contributed by atoms with Crippen molar-refractivity contribution < 1.29 is 0 Å². The highest BCUT2D eigenvalue weighted by molar-refractivity contribution is 7.98. The van der Waals surface area contributed by atoms with Crippen LogP contribution in [0, 0.1) is 0 Å². The van der Waals surface area contributed by atoms with E-state index in [9.17, 15) is 0 Å². The molecule has 1 N–H and O–H groups in total. The van der Waals surface area contributed by atoms with Crippen LogP contribution in [0.3, 0.4) is 0 Å². The van der Waals surface area contributed by atoms with Crippen molar-refractivity contribution >= 4 is 17.7 Å². The van der Waals surface area contributed by atoms with E-state index in [1.165, 1.54) is 4.90 Å². The molecular formula is C12H13N3S. The second kappa shape index (κ2) is 4.99. The molecule has 16 heavy (non-hydrogen) atoms. The molecule has 0 aliphatic heterocycles. The number of thioether (sulfide) groups is 1. The molecule has 0 saturated heterocycles. The van der Waals surface area contributed by atoms with E-state index in [2.05, 4.69) is 45.8 Å². The van der Waals surface area contributed by atoms with Gasteiger partial charge in [0.25, 0.3) is 0 Å². The lowest BCUT2D eigenvalue weighted by atomic mass is 10.1. The number of benzene rings is 1. The van der Waals surface area contributed by atoms with Crippen molar-refractivity contribution in [2.45, 2.75) is 4.90 Å². The summed E-state index contributed by atoms with van der Waals surface area (Å²) in [6.45, 7) is 0. The third-order valence-corrected chi connectivity index (χ3v) is 3.01. The molecule has 2 aromatic rings. The maximum Gasteiger partial charge on any atom is 0.222 e. The molecule has 82 valence electrons. The van der Waals surface area contributed by atoms with Gasteiger partial charge in [0.1, 0.15) is 0 Å². The average molecular weight is 231 g/mol. The summed E-state index contributed by atoms with van der Waals surface area (Å²) in [5.41, 5.74) is 2.05. The summed E-state index contributed by atoms with van der Waals surface area (Å²) in [7, 11) is 1.82. The highest BCUT2D eigenvalue weighted by Gasteiger charge is 2.00. The fraction of sp³-hybridized carbons (Fsp3) is 0.167. The SMILES string of the molecule is CNc1nccc(-c2ccc(SC)cc2)n1. The van der Waals surface area contributed by atoms with Gasteiger partial charge in [0.15, 0.2) is 0 Å². The van der Waals surface area contributed by atoms with Gasteiger partial charge in [0.05, 0.1) is 5.69 Å². The van der Waals surface area contributed by atoms with E-state index in [1.807, 2.05) is 13.1 Å². The lowest BCUT2D eigenvalue weighted by molar-refractivity contribution is 1.15. The average Bonchev–Trinajstić information content (AvgIpc) is 2.39. The molecule has 1 heterocycles. The number of anilines is 1.